The van der Waals surface area contributed by atoms with Gasteiger partial charge in [0.25, 0.3) is 0 Å². The Labute approximate surface area is 313 Å². The second-order valence-electron chi connectivity index (χ2n) is 18.7. The molecule has 0 unspecified atom stereocenters. The molecule has 2 saturated heterocycles. The largest absolute Gasteiger partial charge is 0.388 e. The molecule has 5 fully saturated rings. The van der Waals surface area contributed by atoms with Gasteiger partial charge < -0.3 is 49.6 Å². The van der Waals surface area contributed by atoms with Gasteiger partial charge in [0.1, 0.15) is 48.2 Å². The number of fused-ring (bicyclic) bond motifs is 5. The first-order valence-electron chi connectivity index (χ1n) is 19.7. The smallest absolute Gasteiger partial charge is 0.186 e. The van der Waals surface area contributed by atoms with Crippen LogP contribution in [0.1, 0.15) is 101 Å². The van der Waals surface area contributed by atoms with Crippen LogP contribution in [0.4, 0.5) is 0 Å². The Hall–Kier alpha value is -1.58. The summed E-state index contributed by atoms with van der Waals surface area (Å²) in [6, 6.07) is 0. The minimum Gasteiger partial charge on any atom is -0.388 e. The zero-order valence-corrected chi connectivity index (χ0v) is 32.9. The number of rotatable bonds is 8. The highest BCUT2D eigenvalue weighted by molar-refractivity contribution is 5.88. The van der Waals surface area contributed by atoms with E-state index in [4.69, 9.17) is 18.9 Å². The highest BCUT2D eigenvalue weighted by Crippen LogP contribution is 2.74. The van der Waals surface area contributed by atoms with E-state index in [0.29, 0.717) is 32.1 Å². The number of Topliss-reactive ketones (excluding diaryl/α,β-unsaturated/α-hetero) is 2. The minimum atomic E-state index is -1.47. The Kier molecular flexibility index (Phi) is 11.2. The summed E-state index contributed by atoms with van der Waals surface area (Å²) in [7, 11) is 0. The molecule has 0 aromatic heterocycles. The first-order valence-corrected chi connectivity index (χ1v) is 19.7. The predicted octanol–water partition coefficient (Wildman–Crippen LogP) is 2.98. The zero-order chi connectivity index (χ0) is 39.2. The van der Waals surface area contributed by atoms with Crippen LogP contribution in [0, 0.1) is 45.3 Å². The van der Waals surface area contributed by atoms with Gasteiger partial charge in [-0.25, -0.2) is 0 Å². The molecule has 17 atom stereocenters. The standard InChI is InChI=1S/C41H64O12/c1-19(2)24(42)13-10-20(3)30-26(52-37-35(49)33(47)31(45)21(4)51-37)16-39(7)27-14-11-22-23(41(27,9)28(44)17-40(30,39)8)12-15-29(38(22,5)6)53-36-34(48)32(46)25(43)18-50-36/h10-11,19,21,23,25-27,29-37,43,45-49H,12-18H2,1-9H3/b20-10+/t21-,23+,25+,26+,27-,29+,30-,31-,32-,33+,34+,35+,36-,37-,39-,40+,41-/m0/s1. The molecular formula is C41H64O12. The van der Waals surface area contributed by atoms with E-state index in [2.05, 4.69) is 40.7 Å². The predicted molar refractivity (Wildman–Crippen MR) is 193 cm³/mol. The second kappa shape index (κ2) is 14.4. The molecule has 6 aliphatic rings. The summed E-state index contributed by atoms with van der Waals surface area (Å²) in [5, 5.41) is 62.9. The van der Waals surface area contributed by atoms with Crippen molar-refractivity contribution in [1.29, 1.82) is 0 Å². The van der Waals surface area contributed by atoms with Gasteiger partial charge in [0.05, 0.1) is 24.9 Å². The van der Waals surface area contributed by atoms with E-state index in [1.165, 1.54) is 0 Å². The number of hydrogen-bond acceptors (Lipinski definition) is 12. The maximum atomic E-state index is 15.0. The summed E-state index contributed by atoms with van der Waals surface area (Å²) >= 11 is 0. The van der Waals surface area contributed by atoms with Crippen LogP contribution in [-0.2, 0) is 28.5 Å². The minimum absolute atomic E-state index is 0.0608. The van der Waals surface area contributed by atoms with Crippen LogP contribution in [-0.4, -0.2) is 116 Å². The van der Waals surface area contributed by atoms with E-state index < -0.39 is 83.1 Å². The monoisotopic (exact) mass is 748 g/mol. The van der Waals surface area contributed by atoms with Crippen molar-refractivity contribution >= 4 is 11.6 Å². The molecule has 12 nitrogen and oxygen atoms in total. The summed E-state index contributed by atoms with van der Waals surface area (Å²) in [6.07, 6.45) is -4.79. The van der Waals surface area contributed by atoms with Gasteiger partial charge in [0.2, 0.25) is 0 Å². The SMILES string of the molecule is C/C(=C\CC(=O)C(C)C)[C@H]1[C@H](O[C@@H]2O[C@@H](C)[C@H](O)[C@@H](O)[C@H]2O)C[C@@]2(C)[C@@H]3CC=C4[C@@H](CC[C@@H](O[C@@H]5OC[C@@H](O)[C@H](O)[C@H]5O)C4(C)C)[C@]3(C)C(=O)C[C@]12C. The van der Waals surface area contributed by atoms with Crippen molar-refractivity contribution in [1.82, 2.24) is 0 Å². The van der Waals surface area contributed by atoms with Gasteiger partial charge in [-0.2, -0.15) is 0 Å². The number of carbonyl (C=O) groups excluding carboxylic acids is 2. The van der Waals surface area contributed by atoms with Crippen molar-refractivity contribution in [2.75, 3.05) is 6.61 Å². The van der Waals surface area contributed by atoms with E-state index >= 15 is 4.79 Å². The molecule has 53 heavy (non-hydrogen) atoms. The molecule has 0 aromatic carbocycles. The highest BCUT2D eigenvalue weighted by atomic mass is 16.7. The van der Waals surface area contributed by atoms with Crippen molar-refractivity contribution < 1.29 is 59.2 Å². The zero-order valence-electron chi connectivity index (χ0n) is 32.9. The third-order valence-electron chi connectivity index (χ3n) is 15.2. The first-order chi connectivity index (χ1) is 24.6. The van der Waals surface area contributed by atoms with Crippen LogP contribution in [0.3, 0.4) is 0 Å². The number of hydrogen-bond donors (Lipinski definition) is 6. The summed E-state index contributed by atoms with van der Waals surface area (Å²) in [5.41, 5.74) is -0.147. The lowest BCUT2D eigenvalue weighted by atomic mass is 9.39. The number of aliphatic hydroxyl groups excluding tert-OH is 6. The van der Waals surface area contributed by atoms with Gasteiger partial charge in [0.15, 0.2) is 12.6 Å². The summed E-state index contributed by atoms with van der Waals surface area (Å²) in [5.74, 6) is -0.239. The summed E-state index contributed by atoms with van der Waals surface area (Å²) < 4.78 is 24.6. The molecule has 0 radical (unpaired) electrons. The van der Waals surface area contributed by atoms with Gasteiger partial charge in [0, 0.05) is 35.5 Å². The third-order valence-corrected chi connectivity index (χ3v) is 15.2. The van der Waals surface area contributed by atoms with Gasteiger partial charge in [-0.15, -0.1) is 0 Å². The fourth-order valence-corrected chi connectivity index (χ4v) is 11.6. The number of ether oxygens (including phenoxy) is 4. The Morgan fingerprint density at radius 3 is 2.25 bits per heavy atom. The van der Waals surface area contributed by atoms with Gasteiger partial charge >= 0.3 is 0 Å². The van der Waals surface area contributed by atoms with E-state index in [-0.39, 0.29) is 54.4 Å². The molecule has 4 aliphatic carbocycles. The van der Waals surface area contributed by atoms with Gasteiger partial charge in [-0.1, -0.05) is 71.8 Å². The molecule has 6 rings (SSSR count). The first kappa shape index (κ1) is 41.1. The number of aliphatic hydroxyl groups is 6. The van der Waals surface area contributed by atoms with Crippen LogP contribution in [0.5, 0.6) is 0 Å². The van der Waals surface area contributed by atoms with Crippen LogP contribution in [0.25, 0.3) is 0 Å². The fraction of sp³-hybridized carbons (Fsp3) is 0.854. The Morgan fingerprint density at radius 2 is 1.58 bits per heavy atom. The number of ketones is 2. The van der Waals surface area contributed by atoms with Crippen LogP contribution in [0.2, 0.25) is 0 Å². The molecule has 300 valence electrons. The fourth-order valence-electron chi connectivity index (χ4n) is 11.6. The Balaban J connectivity index is 1.34. The van der Waals surface area contributed by atoms with Crippen molar-refractivity contribution in [2.45, 2.75) is 168 Å². The Morgan fingerprint density at radius 1 is 0.925 bits per heavy atom. The summed E-state index contributed by atoms with van der Waals surface area (Å²) in [4.78, 5) is 27.8. The van der Waals surface area contributed by atoms with Gasteiger partial charge in [-0.3, -0.25) is 9.59 Å². The van der Waals surface area contributed by atoms with Crippen molar-refractivity contribution in [3.8, 4) is 0 Å². The number of carbonyl (C=O) groups is 2. The lowest BCUT2D eigenvalue weighted by molar-refractivity contribution is -0.306. The average molecular weight is 749 g/mol. The Bertz CT molecular complexity index is 1470. The van der Waals surface area contributed by atoms with Gasteiger partial charge in [-0.05, 0) is 62.2 Å². The lowest BCUT2D eigenvalue weighted by Crippen LogP contribution is -2.63. The van der Waals surface area contributed by atoms with E-state index in [0.717, 1.165) is 11.1 Å². The van der Waals surface area contributed by atoms with Crippen LogP contribution in [0.15, 0.2) is 23.3 Å². The maximum absolute atomic E-state index is 15.0. The lowest BCUT2D eigenvalue weighted by Gasteiger charge is -2.64. The highest BCUT2D eigenvalue weighted by Gasteiger charge is 2.72. The van der Waals surface area contributed by atoms with Crippen LogP contribution >= 0.6 is 0 Å². The topological polar surface area (TPSA) is 192 Å². The molecule has 0 amide bonds. The molecule has 3 saturated carbocycles. The average Bonchev–Trinajstić information content (AvgIpc) is 3.31. The summed E-state index contributed by atoms with van der Waals surface area (Å²) in [6.45, 7) is 18.0. The maximum Gasteiger partial charge on any atom is 0.186 e. The van der Waals surface area contributed by atoms with E-state index in [1.54, 1.807) is 6.92 Å². The molecule has 0 spiro atoms. The van der Waals surface area contributed by atoms with Crippen molar-refractivity contribution in [3.63, 3.8) is 0 Å². The molecule has 2 heterocycles. The molecule has 6 N–H and O–H groups in total. The normalized spacial score (nSPS) is 49.9. The van der Waals surface area contributed by atoms with Crippen molar-refractivity contribution in [3.05, 3.63) is 23.3 Å². The molecule has 2 aliphatic heterocycles. The van der Waals surface area contributed by atoms with Crippen LogP contribution < -0.4 is 0 Å². The van der Waals surface area contributed by atoms with Crippen molar-refractivity contribution in [2.24, 2.45) is 45.3 Å². The quantitative estimate of drug-likeness (QED) is 0.199. The second-order valence-corrected chi connectivity index (χ2v) is 18.7. The van der Waals surface area contributed by atoms with E-state index in [9.17, 15) is 35.4 Å². The molecule has 12 heteroatoms. The number of allylic oxidation sites excluding steroid dienone is 2. The molecule has 0 bridgehead atoms. The molecular weight excluding hydrogens is 684 g/mol. The third kappa shape index (κ3) is 6.45. The van der Waals surface area contributed by atoms with E-state index in [1.807, 2.05) is 26.8 Å². The molecule has 0 aromatic rings.